The summed E-state index contributed by atoms with van der Waals surface area (Å²) in [5, 5.41) is 0. The van der Waals surface area contributed by atoms with E-state index >= 15 is 0 Å². The van der Waals surface area contributed by atoms with Crippen LogP contribution in [-0.2, 0) is 47.6 Å². The number of nitrogens with zero attached hydrogens (tertiary/aromatic N) is 1. The van der Waals surface area contributed by atoms with Gasteiger partial charge in [-0.2, -0.15) is 0 Å². The van der Waals surface area contributed by atoms with Crippen molar-refractivity contribution in [2.24, 2.45) is 4.99 Å². The van der Waals surface area contributed by atoms with Crippen molar-refractivity contribution in [2.75, 3.05) is 13.7 Å². The van der Waals surface area contributed by atoms with E-state index in [1.807, 2.05) is 0 Å². The van der Waals surface area contributed by atoms with Gasteiger partial charge >= 0.3 is 23.9 Å². The fourth-order valence-electron chi connectivity index (χ4n) is 3.01. The smallest absolute Gasteiger partial charge is 0.373 e. The fraction of sp³-hybridized carbons (Fsp3) is 0.611. The predicted molar refractivity (Wildman–Crippen MR) is 94.5 cm³/mol. The number of aliphatic imine (C=N–C) groups is 1. The molecule has 29 heavy (non-hydrogen) atoms. The minimum atomic E-state index is -1.25. The second kappa shape index (κ2) is 9.39. The summed E-state index contributed by atoms with van der Waals surface area (Å²) in [4.78, 5) is 50.9. The van der Waals surface area contributed by atoms with Crippen molar-refractivity contribution in [1.29, 1.82) is 0 Å². The van der Waals surface area contributed by atoms with E-state index in [4.69, 9.17) is 28.4 Å². The fourth-order valence-corrected chi connectivity index (χ4v) is 3.01. The van der Waals surface area contributed by atoms with Crippen LogP contribution in [0.2, 0.25) is 0 Å². The highest BCUT2D eigenvalue weighted by atomic mass is 16.6. The van der Waals surface area contributed by atoms with Crippen LogP contribution in [-0.4, -0.2) is 73.9 Å². The lowest BCUT2D eigenvalue weighted by Gasteiger charge is -2.37. The van der Waals surface area contributed by atoms with Gasteiger partial charge in [-0.25, -0.2) is 9.79 Å². The average Bonchev–Trinajstić information content (AvgIpc) is 3.01. The molecule has 0 saturated carbocycles. The van der Waals surface area contributed by atoms with Gasteiger partial charge in [0.25, 0.3) is 0 Å². The van der Waals surface area contributed by atoms with Gasteiger partial charge in [-0.05, 0) is 0 Å². The van der Waals surface area contributed by atoms with Crippen LogP contribution >= 0.6 is 0 Å². The molecule has 0 aromatic carbocycles. The number of fused-ring (bicyclic) bond motifs is 1. The van der Waals surface area contributed by atoms with Gasteiger partial charge < -0.3 is 28.4 Å². The molecule has 0 bridgehead atoms. The number of esters is 4. The maximum Gasteiger partial charge on any atom is 0.373 e. The molecule has 0 amide bonds. The van der Waals surface area contributed by atoms with E-state index in [9.17, 15) is 19.2 Å². The van der Waals surface area contributed by atoms with E-state index in [2.05, 4.69) is 4.99 Å². The van der Waals surface area contributed by atoms with Crippen molar-refractivity contribution in [1.82, 2.24) is 0 Å². The third-order valence-electron chi connectivity index (χ3n) is 4.04. The van der Waals surface area contributed by atoms with Gasteiger partial charge in [0.15, 0.2) is 24.2 Å². The zero-order chi connectivity index (χ0) is 21.7. The molecule has 0 fully saturated rings. The van der Waals surface area contributed by atoms with Crippen molar-refractivity contribution >= 4 is 29.8 Å². The normalized spacial score (nSPS) is 24.4. The van der Waals surface area contributed by atoms with Crippen LogP contribution in [0.4, 0.5) is 0 Å². The molecule has 0 aromatic heterocycles. The average molecular weight is 413 g/mol. The Morgan fingerprint density at radius 3 is 2.28 bits per heavy atom. The minimum absolute atomic E-state index is 0.171. The van der Waals surface area contributed by atoms with Gasteiger partial charge in [0.2, 0.25) is 5.76 Å². The molecule has 2 aliphatic heterocycles. The highest BCUT2D eigenvalue weighted by Gasteiger charge is 2.50. The minimum Gasteiger partial charge on any atom is -0.477 e. The first-order valence-electron chi connectivity index (χ1n) is 8.78. The van der Waals surface area contributed by atoms with Crippen molar-refractivity contribution < 1.29 is 47.6 Å². The van der Waals surface area contributed by atoms with Crippen LogP contribution in [0.15, 0.2) is 16.8 Å². The largest absolute Gasteiger partial charge is 0.477 e. The Hall–Kier alpha value is -3.11. The van der Waals surface area contributed by atoms with Crippen LogP contribution in [0.5, 0.6) is 0 Å². The van der Waals surface area contributed by atoms with E-state index in [1.165, 1.54) is 20.1 Å². The molecule has 0 aromatic rings. The zero-order valence-electron chi connectivity index (χ0n) is 16.7. The maximum atomic E-state index is 12.0. The summed E-state index contributed by atoms with van der Waals surface area (Å²) in [6.45, 7) is 4.70. The van der Waals surface area contributed by atoms with Gasteiger partial charge in [0, 0.05) is 33.8 Å². The van der Waals surface area contributed by atoms with Crippen molar-refractivity contribution in [2.45, 2.75) is 58.2 Å². The number of carbonyl (C=O) groups is 4. The number of ether oxygens (including phenoxy) is 6. The van der Waals surface area contributed by atoms with Crippen molar-refractivity contribution in [3.05, 3.63) is 11.8 Å². The summed E-state index contributed by atoms with van der Waals surface area (Å²) in [6, 6.07) is -0.705. The third-order valence-corrected chi connectivity index (χ3v) is 4.04. The molecule has 0 spiro atoms. The van der Waals surface area contributed by atoms with Crippen LogP contribution in [0, 0.1) is 0 Å². The molecule has 5 unspecified atom stereocenters. The van der Waals surface area contributed by atoms with Crippen LogP contribution in [0.3, 0.4) is 0 Å². The second-order valence-corrected chi connectivity index (χ2v) is 6.35. The Morgan fingerprint density at radius 2 is 1.72 bits per heavy atom. The summed E-state index contributed by atoms with van der Waals surface area (Å²) < 4.78 is 31.5. The molecule has 11 heteroatoms. The van der Waals surface area contributed by atoms with E-state index in [-0.39, 0.29) is 5.76 Å². The molecule has 11 nitrogen and oxygen atoms in total. The van der Waals surface area contributed by atoms with Gasteiger partial charge in [-0.1, -0.05) is 0 Å². The van der Waals surface area contributed by atoms with E-state index in [0.29, 0.717) is 5.90 Å². The topological polar surface area (TPSA) is 136 Å². The Kier molecular flexibility index (Phi) is 7.18. The van der Waals surface area contributed by atoms with Crippen molar-refractivity contribution in [3.8, 4) is 0 Å². The summed E-state index contributed by atoms with van der Waals surface area (Å²) in [5.74, 6) is -2.63. The summed E-state index contributed by atoms with van der Waals surface area (Å²) >= 11 is 0. The van der Waals surface area contributed by atoms with Crippen LogP contribution in [0.25, 0.3) is 0 Å². The SMILES string of the molecule is COC(=O)C1=CC2OC(C)=NC2C(C(OC(C)=O)C(COC(C)=O)OC(C)=O)O1. The Bertz CT molecular complexity index is 743. The standard InChI is InChI=1S/C18H23NO10/c1-8-19-15-12(26-8)6-13(18(23)24-5)29-17(15)16(28-11(4)22)14(27-10(3)21)7-25-9(2)20/h6,12,14-17H,7H2,1-5H3. The van der Waals surface area contributed by atoms with Gasteiger partial charge in [-0.3, -0.25) is 14.4 Å². The monoisotopic (exact) mass is 413 g/mol. The first-order valence-corrected chi connectivity index (χ1v) is 8.78. The molecule has 2 heterocycles. The Labute approximate surface area is 166 Å². The highest BCUT2D eigenvalue weighted by Crippen LogP contribution is 2.32. The number of carbonyl (C=O) groups excluding carboxylic acids is 4. The number of hydrogen-bond donors (Lipinski definition) is 0. The van der Waals surface area contributed by atoms with E-state index in [0.717, 1.165) is 13.8 Å². The van der Waals surface area contributed by atoms with E-state index < -0.39 is 60.9 Å². The Morgan fingerprint density at radius 1 is 1.07 bits per heavy atom. The molecule has 5 atom stereocenters. The highest BCUT2D eigenvalue weighted by molar-refractivity contribution is 5.87. The molecule has 2 aliphatic rings. The molecular weight excluding hydrogens is 390 g/mol. The molecule has 0 radical (unpaired) electrons. The van der Waals surface area contributed by atoms with Crippen molar-refractivity contribution in [3.63, 3.8) is 0 Å². The zero-order valence-corrected chi connectivity index (χ0v) is 16.7. The first-order chi connectivity index (χ1) is 13.6. The molecule has 160 valence electrons. The lowest BCUT2D eigenvalue weighted by atomic mass is 9.94. The molecule has 0 aliphatic carbocycles. The Balaban J connectivity index is 2.42. The lowest BCUT2D eigenvalue weighted by molar-refractivity contribution is -0.187. The van der Waals surface area contributed by atoms with Crippen LogP contribution < -0.4 is 0 Å². The third kappa shape index (κ3) is 5.69. The molecule has 0 saturated heterocycles. The summed E-state index contributed by atoms with van der Waals surface area (Å²) in [6.07, 6.45) is -2.83. The summed E-state index contributed by atoms with van der Waals surface area (Å²) in [5.41, 5.74) is 0. The van der Waals surface area contributed by atoms with Crippen LogP contribution in [0.1, 0.15) is 27.7 Å². The van der Waals surface area contributed by atoms with Gasteiger partial charge in [0.1, 0.15) is 18.8 Å². The quantitative estimate of drug-likeness (QED) is 0.416. The lowest BCUT2D eigenvalue weighted by Crippen LogP contribution is -2.54. The first kappa shape index (κ1) is 22.2. The number of methoxy groups -OCH3 is 1. The maximum absolute atomic E-state index is 12.0. The predicted octanol–water partition coefficient (Wildman–Crippen LogP) is 0.0544. The molecular formula is C18H23NO10. The second-order valence-electron chi connectivity index (χ2n) is 6.35. The molecule has 0 N–H and O–H groups in total. The number of rotatable bonds is 7. The van der Waals surface area contributed by atoms with E-state index in [1.54, 1.807) is 6.92 Å². The molecule has 2 rings (SSSR count). The van der Waals surface area contributed by atoms with Gasteiger partial charge in [-0.15, -0.1) is 0 Å². The van der Waals surface area contributed by atoms with Gasteiger partial charge in [0.05, 0.1) is 7.11 Å². The summed E-state index contributed by atoms with van der Waals surface area (Å²) in [7, 11) is 1.18. The number of hydrogen-bond acceptors (Lipinski definition) is 11.